The van der Waals surface area contributed by atoms with E-state index < -0.39 is 0 Å². The Morgan fingerprint density at radius 3 is 2.39 bits per heavy atom. The molecule has 0 radical (unpaired) electrons. The van der Waals surface area contributed by atoms with E-state index in [1.165, 1.54) is 23.7 Å². The third kappa shape index (κ3) is 5.12. The van der Waals surface area contributed by atoms with Crippen LogP contribution in [0.3, 0.4) is 0 Å². The van der Waals surface area contributed by atoms with Gasteiger partial charge in [-0.2, -0.15) is 0 Å². The van der Waals surface area contributed by atoms with Crippen LogP contribution < -0.4 is 10.6 Å². The first-order valence-electron chi connectivity index (χ1n) is 9.42. The van der Waals surface area contributed by atoms with Gasteiger partial charge in [0.1, 0.15) is 5.75 Å². The zero-order valence-electron chi connectivity index (χ0n) is 16.3. The summed E-state index contributed by atoms with van der Waals surface area (Å²) < 4.78 is 0. The molecule has 4 aromatic rings. The molecule has 0 saturated carbocycles. The van der Waals surface area contributed by atoms with Crippen molar-refractivity contribution in [2.24, 2.45) is 0 Å². The van der Waals surface area contributed by atoms with Crippen molar-refractivity contribution in [3.63, 3.8) is 0 Å². The number of carbonyl (C=O) groups excluding carboxylic acids is 2. The van der Waals surface area contributed by atoms with Crippen molar-refractivity contribution in [1.82, 2.24) is 15.3 Å². The van der Waals surface area contributed by atoms with E-state index in [2.05, 4.69) is 20.6 Å². The van der Waals surface area contributed by atoms with Crippen molar-refractivity contribution in [2.75, 3.05) is 5.32 Å². The molecule has 0 saturated heterocycles. The van der Waals surface area contributed by atoms with E-state index >= 15 is 0 Å². The fraction of sp³-hybridized carbons (Fsp3) is 0.0435. The summed E-state index contributed by atoms with van der Waals surface area (Å²) in [6.45, 7) is 0.378. The molecule has 3 N–H and O–H groups in total. The topological polar surface area (TPSA) is 104 Å². The fourth-order valence-corrected chi connectivity index (χ4v) is 3.48. The number of phenols is 1. The maximum absolute atomic E-state index is 12.5. The minimum Gasteiger partial charge on any atom is -0.508 e. The molecule has 0 atom stereocenters. The number of nitrogens with one attached hydrogen (secondary N) is 2. The number of carbonyl (C=O) groups is 2. The molecule has 2 aromatic carbocycles. The largest absolute Gasteiger partial charge is 0.508 e. The van der Waals surface area contributed by atoms with Crippen LogP contribution in [0.2, 0.25) is 0 Å². The molecule has 0 aliphatic rings. The van der Waals surface area contributed by atoms with Gasteiger partial charge < -0.3 is 15.7 Å². The molecule has 154 valence electrons. The standard InChI is InChI=1S/C23H18N4O3S/c28-19-4-1-3-17(11-19)21-24-13-18(14-25-21)27-22(29)16-8-6-15(7-9-16)12-26-23(30)20-5-2-10-31-20/h1-11,13-14,28H,12H2,(H,26,30)(H,27,29). The van der Waals surface area contributed by atoms with E-state index in [4.69, 9.17) is 0 Å². The van der Waals surface area contributed by atoms with Crippen LogP contribution in [0, 0.1) is 0 Å². The van der Waals surface area contributed by atoms with Crippen molar-refractivity contribution >= 4 is 28.8 Å². The first-order chi connectivity index (χ1) is 15.1. The third-order valence-corrected chi connectivity index (χ3v) is 5.30. The van der Waals surface area contributed by atoms with E-state index in [0.29, 0.717) is 34.1 Å². The summed E-state index contributed by atoms with van der Waals surface area (Å²) in [6, 6.07) is 17.2. The molecular weight excluding hydrogens is 412 g/mol. The van der Waals surface area contributed by atoms with Gasteiger partial charge in [0.15, 0.2) is 5.82 Å². The Kier molecular flexibility index (Phi) is 6.00. The molecule has 0 bridgehead atoms. The SMILES string of the molecule is O=C(Nc1cnc(-c2cccc(O)c2)nc1)c1ccc(CNC(=O)c2cccs2)cc1. The summed E-state index contributed by atoms with van der Waals surface area (Å²) >= 11 is 1.39. The number of hydrogen-bond donors (Lipinski definition) is 3. The molecule has 8 heteroatoms. The van der Waals surface area contributed by atoms with E-state index in [1.54, 1.807) is 54.6 Å². The average molecular weight is 430 g/mol. The van der Waals surface area contributed by atoms with Gasteiger partial charge in [0.05, 0.1) is 23.0 Å². The minimum atomic E-state index is -0.289. The van der Waals surface area contributed by atoms with Crippen molar-refractivity contribution in [3.8, 4) is 17.1 Å². The van der Waals surface area contributed by atoms with Crippen LogP contribution in [0.4, 0.5) is 5.69 Å². The van der Waals surface area contributed by atoms with E-state index in [-0.39, 0.29) is 17.6 Å². The smallest absolute Gasteiger partial charge is 0.261 e. The Bertz CT molecular complexity index is 1190. The van der Waals surface area contributed by atoms with Gasteiger partial charge in [0, 0.05) is 17.7 Å². The minimum absolute atomic E-state index is 0.119. The quantitative estimate of drug-likeness (QED) is 0.427. The predicted molar refractivity (Wildman–Crippen MR) is 119 cm³/mol. The first-order valence-corrected chi connectivity index (χ1v) is 10.3. The highest BCUT2D eigenvalue weighted by Crippen LogP contribution is 2.20. The summed E-state index contributed by atoms with van der Waals surface area (Å²) in [5.74, 6) is 0.171. The molecule has 4 rings (SSSR count). The Labute approximate surface area is 182 Å². The van der Waals surface area contributed by atoms with Gasteiger partial charge in [-0.3, -0.25) is 9.59 Å². The molecule has 7 nitrogen and oxygen atoms in total. The van der Waals surface area contributed by atoms with Crippen molar-refractivity contribution in [2.45, 2.75) is 6.54 Å². The first kappa shape index (κ1) is 20.2. The number of phenolic OH excluding ortho intramolecular Hbond substituents is 1. The van der Waals surface area contributed by atoms with Crippen LogP contribution in [0.25, 0.3) is 11.4 Å². The number of rotatable bonds is 6. The Morgan fingerprint density at radius 1 is 0.935 bits per heavy atom. The second-order valence-electron chi connectivity index (χ2n) is 6.66. The van der Waals surface area contributed by atoms with Gasteiger partial charge in [0.2, 0.25) is 0 Å². The monoisotopic (exact) mass is 430 g/mol. The number of hydrogen-bond acceptors (Lipinski definition) is 6. The summed E-state index contributed by atoms with van der Waals surface area (Å²) in [7, 11) is 0. The number of benzene rings is 2. The summed E-state index contributed by atoms with van der Waals surface area (Å²) in [6.07, 6.45) is 3.03. The highest BCUT2D eigenvalue weighted by Gasteiger charge is 2.09. The lowest BCUT2D eigenvalue weighted by Gasteiger charge is -2.07. The fourth-order valence-electron chi connectivity index (χ4n) is 2.84. The average Bonchev–Trinajstić information content (AvgIpc) is 3.33. The van der Waals surface area contributed by atoms with E-state index in [9.17, 15) is 14.7 Å². The highest BCUT2D eigenvalue weighted by molar-refractivity contribution is 7.12. The highest BCUT2D eigenvalue weighted by atomic mass is 32.1. The van der Waals surface area contributed by atoms with Gasteiger partial charge in [-0.15, -0.1) is 11.3 Å². The number of aromatic nitrogens is 2. The maximum atomic E-state index is 12.5. The number of aromatic hydroxyl groups is 1. The molecule has 0 fully saturated rings. The summed E-state index contributed by atoms with van der Waals surface area (Å²) in [5.41, 5.74) is 2.51. The van der Waals surface area contributed by atoms with Crippen LogP contribution >= 0.6 is 11.3 Å². The Balaban J connectivity index is 1.34. The molecule has 0 aliphatic carbocycles. The van der Waals surface area contributed by atoms with Gasteiger partial charge in [-0.05, 0) is 41.3 Å². The van der Waals surface area contributed by atoms with Crippen molar-refractivity contribution in [1.29, 1.82) is 0 Å². The number of thiophene rings is 1. The molecule has 31 heavy (non-hydrogen) atoms. The lowest BCUT2D eigenvalue weighted by Crippen LogP contribution is -2.21. The lowest BCUT2D eigenvalue weighted by molar-refractivity contribution is 0.0953. The predicted octanol–water partition coefficient (Wildman–Crippen LogP) is 4.09. The molecule has 0 aliphatic heterocycles. The lowest BCUT2D eigenvalue weighted by atomic mass is 10.1. The van der Waals surface area contributed by atoms with E-state index in [0.717, 1.165) is 5.56 Å². The van der Waals surface area contributed by atoms with Gasteiger partial charge in [-0.25, -0.2) is 9.97 Å². The van der Waals surface area contributed by atoms with E-state index in [1.807, 2.05) is 11.4 Å². The molecule has 2 heterocycles. The van der Waals surface area contributed by atoms with Crippen LogP contribution in [0.5, 0.6) is 5.75 Å². The summed E-state index contributed by atoms with van der Waals surface area (Å²) in [4.78, 5) is 33.6. The molecular formula is C23H18N4O3S. The van der Waals surface area contributed by atoms with Crippen LogP contribution in [0.15, 0.2) is 78.4 Å². The van der Waals surface area contributed by atoms with Gasteiger partial charge >= 0.3 is 0 Å². The molecule has 0 spiro atoms. The van der Waals surface area contributed by atoms with Crippen LogP contribution in [-0.4, -0.2) is 26.9 Å². The van der Waals surface area contributed by atoms with Crippen molar-refractivity contribution in [3.05, 3.63) is 94.4 Å². The second kappa shape index (κ2) is 9.19. The maximum Gasteiger partial charge on any atom is 0.261 e. The number of nitrogens with zero attached hydrogens (tertiary/aromatic N) is 2. The van der Waals surface area contributed by atoms with Crippen LogP contribution in [-0.2, 0) is 6.54 Å². The van der Waals surface area contributed by atoms with Crippen LogP contribution in [0.1, 0.15) is 25.6 Å². The Hall–Kier alpha value is -4.04. The van der Waals surface area contributed by atoms with Gasteiger partial charge in [0.25, 0.3) is 11.8 Å². The normalized spacial score (nSPS) is 10.5. The zero-order chi connectivity index (χ0) is 21.6. The number of amides is 2. The third-order valence-electron chi connectivity index (χ3n) is 4.43. The Morgan fingerprint density at radius 2 is 1.71 bits per heavy atom. The molecule has 2 aromatic heterocycles. The van der Waals surface area contributed by atoms with Crippen molar-refractivity contribution < 1.29 is 14.7 Å². The zero-order valence-corrected chi connectivity index (χ0v) is 17.1. The molecule has 2 amide bonds. The second-order valence-corrected chi connectivity index (χ2v) is 7.60. The molecule has 0 unspecified atom stereocenters. The summed E-state index contributed by atoms with van der Waals surface area (Å²) in [5, 5.41) is 17.0. The van der Waals surface area contributed by atoms with Gasteiger partial charge in [-0.1, -0.05) is 30.3 Å². The number of anilines is 1.